The number of hydrogen-bond acceptors (Lipinski definition) is 5. The molecule has 2 heterocycles. The summed E-state index contributed by atoms with van der Waals surface area (Å²) < 4.78 is 0. The molecule has 0 radical (unpaired) electrons. The van der Waals surface area contributed by atoms with Gasteiger partial charge in [0, 0.05) is 19.2 Å². The zero-order chi connectivity index (χ0) is 19.9. The quantitative estimate of drug-likeness (QED) is 0.667. The second kappa shape index (κ2) is 9.32. The summed E-state index contributed by atoms with van der Waals surface area (Å²) >= 11 is 0. The number of nitrogens with one attached hydrogen (secondary N) is 2. The van der Waals surface area contributed by atoms with Gasteiger partial charge in [-0.05, 0) is 43.6 Å². The van der Waals surface area contributed by atoms with Crippen LogP contribution in [0.4, 0.5) is 5.82 Å². The Morgan fingerprint density at radius 2 is 2.00 bits per heavy atom. The van der Waals surface area contributed by atoms with E-state index in [0.717, 1.165) is 30.5 Å². The lowest BCUT2D eigenvalue weighted by Gasteiger charge is -2.23. The number of nitrogens with two attached hydrogens (primary N) is 1. The number of carbonyl (C=O) groups is 2. The molecule has 1 aromatic heterocycles. The third-order valence-corrected chi connectivity index (χ3v) is 5.05. The summed E-state index contributed by atoms with van der Waals surface area (Å²) in [7, 11) is 1.94. The molecule has 0 unspecified atom stereocenters. The second-order valence-corrected chi connectivity index (χ2v) is 7.20. The Bertz CT molecular complexity index is 794. The van der Waals surface area contributed by atoms with Crippen LogP contribution >= 0.6 is 0 Å². The first-order valence-corrected chi connectivity index (χ1v) is 9.55. The van der Waals surface area contributed by atoms with E-state index in [1.165, 1.54) is 0 Å². The van der Waals surface area contributed by atoms with Crippen molar-refractivity contribution in [2.75, 3.05) is 19.3 Å². The van der Waals surface area contributed by atoms with Crippen LogP contribution in [0.15, 0.2) is 48.7 Å². The average Bonchev–Trinajstić information content (AvgIpc) is 3.13. The Hall–Kier alpha value is -2.93. The summed E-state index contributed by atoms with van der Waals surface area (Å²) in [5.74, 6) is 0.130. The molecule has 2 aromatic rings. The van der Waals surface area contributed by atoms with Gasteiger partial charge in [-0.1, -0.05) is 36.4 Å². The number of anilines is 1. The van der Waals surface area contributed by atoms with E-state index >= 15 is 0 Å². The first-order valence-electron chi connectivity index (χ1n) is 9.55. The lowest BCUT2D eigenvalue weighted by Crippen LogP contribution is -2.52. The van der Waals surface area contributed by atoms with E-state index in [4.69, 9.17) is 5.73 Å². The molecule has 2 atom stereocenters. The van der Waals surface area contributed by atoms with Crippen molar-refractivity contribution in [3.63, 3.8) is 0 Å². The van der Waals surface area contributed by atoms with E-state index in [2.05, 4.69) is 15.6 Å². The number of likely N-dealkylation sites (N-methyl/N-ethyl adjacent to an activating group) is 1. The molecule has 1 aromatic carbocycles. The summed E-state index contributed by atoms with van der Waals surface area (Å²) in [6, 6.07) is 12.4. The summed E-state index contributed by atoms with van der Waals surface area (Å²) in [5.41, 5.74) is 7.44. The molecule has 3 rings (SSSR count). The fourth-order valence-electron chi connectivity index (χ4n) is 3.42. The molecule has 7 nitrogen and oxygen atoms in total. The van der Waals surface area contributed by atoms with Gasteiger partial charge in [-0.25, -0.2) is 4.98 Å². The highest BCUT2D eigenvalue weighted by Crippen LogP contribution is 2.15. The van der Waals surface area contributed by atoms with Gasteiger partial charge in [0.25, 0.3) is 0 Å². The molecule has 1 aliphatic heterocycles. The zero-order valence-electron chi connectivity index (χ0n) is 16.1. The molecule has 0 bridgehead atoms. The van der Waals surface area contributed by atoms with Gasteiger partial charge < -0.3 is 16.4 Å². The maximum absolute atomic E-state index is 12.8. The number of carbonyl (C=O) groups excluding carboxylic acids is 2. The number of nitrogens with zero attached hydrogens (tertiary/aromatic N) is 2. The van der Waals surface area contributed by atoms with Crippen LogP contribution in [0.2, 0.25) is 0 Å². The third kappa shape index (κ3) is 5.29. The molecule has 0 aliphatic carbocycles. The number of likely N-dealkylation sites (tertiary alicyclic amines) is 1. The predicted molar refractivity (Wildman–Crippen MR) is 108 cm³/mol. The minimum absolute atomic E-state index is 0.0924. The fourth-order valence-corrected chi connectivity index (χ4v) is 3.42. The van der Waals surface area contributed by atoms with E-state index in [9.17, 15) is 9.59 Å². The molecule has 28 heavy (non-hydrogen) atoms. The molecule has 2 amide bonds. The van der Waals surface area contributed by atoms with E-state index in [-0.39, 0.29) is 17.9 Å². The van der Waals surface area contributed by atoms with Crippen LogP contribution in [-0.2, 0) is 22.6 Å². The molecular weight excluding hydrogens is 354 g/mol. The van der Waals surface area contributed by atoms with Crippen LogP contribution < -0.4 is 16.4 Å². The molecule has 4 N–H and O–H groups in total. The number of hydrogen-bond donors (Lipinski definition) is 3. The van der Waals surface area contributed by atoms with E-state index in [0.29, 0.717) is 18.8 Å². The number of pyridine rings is 1. The Kier molecular flexibility index (Phi) is 6.60. The van der Waals surface area contributed by atoms with Gasteiger partial charge in [0.2, 0.25) is 11.8 Å². The van der Waals surface area contributed by atoms with Gasteiger partial charge in [-0.3, -0.25) is 14.5 Å². The van der Waals surface area contributed by atoms with Gasteiger partial charge in [-0.15, -0.1) is 0 Å². The second-order valence-electron chi connectivity index (χ2n) is 7.20. The molecule has 1 aliphatic rings. The van der Waals surface area contributed by atoms with Crippen LogP contribution in [0.5, 0.6) is 0 Å². The van der Waals surface area contributed by atoms with Crippen LogP contribution in [0.25, 0.3) is 0 Å². The highest BCUT2D eigenvalue weighted by atomic mass is 16.2. The first-order chi connectivity index (χ1) is 13.5. The SMILES string of the molecule is CN1CCC[C@@H]1C(=O)N[C@@H](Cc1ccccc1)C(=O)NCc1ccc(N)nc1. The molecule has 7 heteroatoms. The smallest absolute Gasteiger partial charge is 0.243 e. The molecule has 1 fully saturated rings. The van der Waals surface area contributed by atoms with Crippen molar-refractivity contribution in [3.8, 4) is 0 Å². The topological polar surface area (TPSA) is 100 Å². The Labute approximate surface area is 165 Å². The van der Waals surface area contributed by atoms with E-state index in [1.807, 2.05) is 48.3 Å². The maximum Gasteiger partial charge on any atom is 0.243 e. The highest BCUT2D eigenvalue weighted by molar-refractivity contribution is 5.90. The highest BCUT2D eigenvalue weighted by Gasteiger charge is 2.31. The largest absolute Gasteiger partial charge is 0.384 e. The van der Waals surface area contributed by atoms with Gasteiger partial charge >= 0.3 is 0 Å². The normalized spacial score (nSPS) is 17.8. The Balaban J connectivity index is 1.66. The standard InChI is InChI=1S/C21H27N5O2/c1-26-11-5-8-18(26)21(28)25-17(12-15-6-3-2-4-7-15)20(27)24-14-16-9-10-19(22)23-13-16/h2-4,6-7,9-10,13,17-18H,5,8,11-12,14H2,1H3,(H2,22,23)(H,24,27)(H,25,28)/t17-,18+/m0/s1. The van der Waals surface area contributed by atoms with Gasteiger partial charge in [0.05, 0.1) is 6.04 Å². The number of rotatable bonds is 7. The molecular formula is C21H27N5O2. The minimum Gasteiger partial charge on any atom is -0.384 e. The Morgan fingerprint density at radius 1 is 1.21 bits per heavy atom. The maximum atomic E-state index is 12.8. The van der Waals surface area contributed by atoms with Crippen molar-refractivity contribution in [1.82, 2.24) is 20.5 Å². The number of aromatic nitrogens is 1. The van der Waals surface area contributed by atoms with Crippen molar-refractivity contribution in [3.05, 3.63) is 59.8 Å². The third-order valence-electron chi connectivity index (χ3n) is 5.05. The van der Waals surface area contributed by atoms with Gasteiger partial charge in [0.1, 0.15) is 11.9 Å². The van der Waals surface area contributed by atoms with Crippen LogP contribution in [0.3, 0.4) is 0 Å². The van der Waals surface area contributed by atoms with Crippen molar-refractivity contribution >= 4 is 17.6 Å². The first kappa shape index (κ1) is 19.8. The molecule has 1 saturated heterocycles. The van der Waals surface area contributed by atoms with Crippen molar-refractivity contribution < 1.29 is 9.59 Å². The molecule has 0 saturated carbocycles. The fraction of sp³-hybridized carbons (Fsp3) is 0.381. The number of amides is 2. The lowest BCUT2D eigenvalue weighted by atomic mass is 10.0. The summed E-state index contributed by atoms with van der Waals surface area (Å²) in [5, 5.41) is 5.85. The zero-order valence-corrected chi connectivity index (χ0v) is 16.1. The van der Waals surface area contributed by atoms with Crippen LogP contribution in [0.1, 0.15) is 24.0 Å². The van der Waals surface area contributed by atoms with Gasteiger partial charge in [-0.2, -0.15) is 0 Å². The monoisotopic (exact) mass is 381 g/mol. The molecule has 148 valence electrons. The predicted octanol–water partition coefficient (Wildman–Crippen LogP) is 1.10. The van der Waals surface area contributed by atoms with Gasteiger partial charge in [0.15, 0.2) is 0 Å². The lowest BCUT2D eigenvalue weighted by molar-refractivity contribution is -0.131. The summed E-state index contributed by atoms with van der Waals surface area (Å²) in [6.45, 7) is 1.23. The number of benzene rings is 1. The van der Waals surface area contributed by atoms with Crippen molar-refractivity contribution in [2.24, 2.45) is 0 Å². The summed E-state index contributed by atoms with van der Waals surface area (Å²) in [6.07, 6.45) is 3.89. The minimum atomic E-state index is -0.634. The summed E-state index contributed by atoms with van der Waals surface area (Å²) in [4.78, 5) is 31.6. The van der Waals surface area contributed by atoms with Crippen molar-refractivity contribution in [1.29, 1.82) is 0 Å². The van der Waals surface area contributed by atoms with Crippen LogP contribution in [0, 0.1) is 0 Å². The van der Waals surface area contributed by atoms with Crippen LogP contribution in [-0.4, -0.2) is 47.4 Å². The van der Waals surface area contributed by atoms with Crippen molar-refractivity contribution in [2.45, 2.75) is 37.9 Å². The molecule has 0 spiro atoms. The van der Waals surface area contributed by atoms with E-state index < -0.39 is 6.04 Å². The average molecular weight is 381 g/mol. The number of nitrogen functional groups attached to an aromatic ring is 1. The Morgan fingerprint density at radius 3 is 2.64 bits per heavy atom. The van der Waals surface area contributed by atoms with E-state index in [1.54, 1.807) is 12.3 Å².